The summed E-state index contributed by atoms with van der Waals surface area (Å²) in [6.07, 6.45) is 0.442. The SMILES string of the molecule is CC[C@H](C)[C@H](N)C(=O)O.N[C@@H](CC(=O)O)C(=O)O.N[C@@H](CCC(=O)O)C(=O)O.N[C@@H](Cc1ccccc1)C(=O)O. The van der Waals surface area contributed by atoms with Gasteiger partial charge in [0.25, 0.3) is 0 Å². The maximum Gasteiger partial charge on any atom is 0.321 e. The molecule has 0 fully saturated rings. The summed E-state index contributed by atoms with van der Waals surface area (Å²) in [5, 5.41) is 49.2. The minimum atomic E-state index is -1.29. The van der Waals surface area contributed by atoms with Gasteiger partial charge in [0.2, 0.25) is 0 Å². The predicted octanol–water partition coefficient (Wildman–Crippen LogP) is -0.778. The molecule has 0 aliphatic rings. The molecule has 1 rings (SSSR count). The minimum Gasteiger partial charge on any atom is -0.481 e. The summed E-state index contributed by atoms with van der Waals surface area (Å²) in [4.78, 5) is 60.0. The lowest BCUT2D eigenvalue weighted by Crippen LogP contribution is -2.36. The monoisotopic (exact) mass is 576 g/mol. The van der Waals surface area contributed by atoms with Gasteiger partial charge in [0, 0.05) is 6.42 Å². The van der Waals surface area contributed by atoms with Gasteiger partial charge in [-0.3, -0.25) is 28.8 Å². The molecule has 1 aromatic carbocycles. The van der Waals surface area contributed by atoms with E-state index in [1.165, 1.54) is 0 Å². The van der Waals surface area contributed by atoms with Crippen LogP contribution in [0.25, 0.3) is 0 Å². The first-order valence-corrected chi connectivity index (χ1v) is 11.8. The third-order valence-electron chi connectivity index (χ3n) is 4.86. The van der Waals surface area contributed by atoms with Crippen molar-refractivity contribution in [3.05, 3.63) is 35.9 Å². The lowest BCUT2D eigenvalue weighted by Gasteiger charge is -2.11. The topological polar surface area (TPSA) is 328 Å². The van der Waals surface area contributed by atoms with Gasteiger partial charge in [-0.25, -0.2) is 0 Å². The lowest BCUT2D eigenvalue weighted by atomic mass is 10.0. The Morgan fingerprint density at radius 1 is 0.675 bits per heavy atom. The molecule has 0 spiro atoms. The van der Waals surface area contributed by atoms with E-state index < -0.39 is 66.4 Å². The molecule has 14 N–H and O–H groups in total. The summed E-state index contributed by atoms with van der Waals surface area (Å²) < 4.78 is 0. The Labute approximate surface area is 230 Å². The predicted molar refractivity (Wildman–Crippen MR) is 141 cm³/mol. The van der Waals surface area contributed by atoms with Crippen molar-refractivity contribution >= 4 is 35.8 Å². The number of hydrogen-bond acceptors (Lipinski definition) is 10. The molecule has 1 aromatic rings. The summed E-state index contributed by atoms with van der Waals surface area (Å²) in [5.74, 6) is -6.49. The second-order valence-corrected chi connectivity index (χ2v) is 8.30. The van der Waals surface area contributed by atoms with Crippen LogP contribution in [0.3, 0.4) is 0 Å². The summed E-state index contributed by atoms with van der Waals surface area (Å²) in [5.41, 5.74) is 21.4. The quantitative estimate of drug-likeness (QED) is 0.138. The summed E-state index contributed by atoms with van der Waals surface area (Å²) in [6, 6.07) is 5.50. The number of carbonyl (C=O) groups is 6. The molecular weight excluding hydrogens is 536 g/mol. The third kappa shape index (κ3) is 24.2. The molecule has 0 bridgehead atoms. The van der Waals surface area contributed by atoms with Crippen molar-refractivity contribution in [2.24, 2.45) is 28.9 Å². The summed E-state index contributed by atoms with van der Waals surface area (Å²) in [7, 11) is 0. The van der Waals surface area contributed by atoms with Gasteiger partial charge < -0.3 is 53.6 Å². The Kier molecular flexibility index (Phi) is 23.0. The van der Waals surface area contributed by atoms with Gasteiger partial charge in [-0.15, -0.1) is 0 Å². The van der Waals surface area contributed by atoms with Crippen molar-refractivity contribution in [1.29, 1.82) is 0 Å². The number of nitrogens with two attached hydrogens (primary N) is 4. The second kappa shape index (κ2) is 22.8. The average molecular weight is 577 g/mol. The first kappa shape index (κ1) is 40.4. The molecule has 0 aliphatic heterocycles. The van der Waals surface area contributed by atoms with Gasteiger partial charge in [-0.2, -0.15) is 0 Å². The van der Waals surface area contributed by atoms with Gasteiger partial charge in [0.15, 0.2) is 0 Å². The number of carboxylic acid groups (broad SMARTS) is 6. The zero-order valence-corrected chi connectivity index (χ0v) is 22.3. The highest BCUT2D eigenvalue weighted by Crippen LogP contribution is 2.04. The molecular formula is C24H40N4O12. The van der Waals surface area contributed by atoms with Crippen LogP contribution in [-0.2, 0) is 35.2 Å². The normalized spacial score (nSPS) is 13.4. The van der Waals surface area contributed by atoms with E-state index in [0.29, 0.717) is 6.42 Å². The largest absolute Gasteiger partial charge is 0.481 e. The zero-order chi connectivity index (χ0) is 32.0. The van der Waals surface area contributed by atoms with Crippen molar-refractivity contribution in [1.82, 2.24) is 0 Å². The molecule has 0 aliphatic carbocycles. The van der Waals surface area contributed by atoms with Gasteiger partial charge in [-0.05, 0) is 24.3 Å². The van der Waals surface area contributed by atoms with E-state index in [1.807, 2.05) is 44.2 Å². The Balaban J connectivity index is -0.000000461. The Bertz CT molecular complexity index is 930. The van der Waals surface area contributed by atoms with E-state index in [-0.39, 0.29) is 18.8 Å². The summed E-state index contributed by atoms with van der Waals surface area (Å²) in [6.45, 7) is 3.76. The van der Waals surface area contributed by atoms with Crippen LogP contribution in [0.1, 0.15) is 45.1 Å². The number of benzene rings is 1. The Hall–Kier alpha value is -4.12. The fraction of sp³-hybridized carbons (Fsp3) is 0.500. The Morgan fingerprint density at radius 3 is 1.40 bits per heavy atom. The van der Waals surface area contributed by atoms with E-state index in [9.17, 15) is 28.8 Å². The summed E-state index contributed by atoms with van der Waals surface area (Å²) >= 11 is 0. The van der Waals surface area contributed by atoms with E-state index in [1.54, 1.807) is 0 Å². The molecule has 16 heteroatoms. The van der Waals surface area contributed by atoms with E-state index in [4.69, 9.17) is 53.6 Å². The van der Waals surface area contributed by atoms with Crippen LogP contribution in [0.15, 0.2) is 30.3 Å². The first-order valence-electron chi connectivity index (χ1n) is 11.8. The number of carboxylic acids is 6. The molecule has 0 saturated heterocycles. The zero-order valence-electron chi connectivity index (χ0n) is 22.3. The van der Waals surface area contributed by atoms with Crippen LogP contribution in [-0.4, -0.2) is 90.6 Å². The van der Waals surface area contributed by atoms with Crippen molar-refractivity contribution in [2.45, 2.75) is 70.1 Å². The minimum absolute atomic E-state index is 0.0231. The van der Waals surface area contributed by atoms with Crippen LogP contribution in [0.4, 0.5) is 0 Å². The maximum atomic E-state index is 10.4. The van der Waals surface area contributed by atoms with Crippen molar-refractivity contribution in [3.8, 4) is 0 Å². The van der Waals surface area contributed by atoms with Crippen molar-refractivity contribution in [2.75, 3.05) is 0 Å². The van der Waals surface area contributed by atoms with Crippen LogP contribution < -0.4 is 22.9 Å². The fourth-order valence-corrected chi connectivity index (χ4v) is 2.13. The van der Waals surface area contributed by atoms with Crippen molar-refractivity contribution < 1.29 is 59.4 Å². The molecule has 5 atom stereocenters. The van der Waals surface area contributed by atoms with Crippen LogP contribution in [0.2, 0.25) is 0 Å². The van der Waals surface area contributed by atoms with E-state index >= 15 is 0 Å². The molecule has 0 amide bonds. The fourth-order valence-electron chi connectivity index (χ4n) is 2.13. The highest BCUT2D eigenvalue weighted by Gasteiger charge is 2.17. The second-order valence-electron chi connectivity index (χ2n) is 8.30. The average Bonchev–Trinajstić information content (AvgIpc) is 2.87. The molecule has 0 aromatic heterocycles. The highest BCUT2D eigenvalue weighted by atomic mass is 16.4. The Morgan fingerprint density at radius 2 is 1.12 bits per heavy atom. The molecule has 16 nitrogen and oxygen atoms in total. The van der Waals surface area contributed by atoms with E-state index in [0.717, 1.165) is 12.0 Å². The van der Waals surface area contributed by atoms with Crippen LogP contribution in [0, 0.1) is 5.92 Å². The van der Waals surface area contributed by atoms with Gasteiger partial charge >= 0.3 is 35.8 Å². The smallest absolute Gasteiger partial charge is 0.321 e. The molecule has 0 saturated carbocycles. The number of rotatable bonds is 13. The third-order valence-corrected chi connectivity index (χ3v) is 4.86. The number of aliphatic carboxylic acids is 6. The standard InChI is InChI=1S/C9H11NO2.C6H13NO2.C5H9NO4.C4H7NO4/c10-8(9(11)12)6-7-4-2-1-3-5-7;1-3-4(2)5(7)6(8)9;6-3(5(9)10)1-2-4(7)8;5-2(4(8)9)1-3(6)7/h1-5,8H,6,10H2,(H,11,12);4-5H,3,7H2,1-2H3,(H,8,9);3H,1-2,6H2,(H,7,8)(H,9,10);2H,1,5H2,(H,6,7)(H,8,9)/t8-;4-,5-;3-;2-/m0000/s1. The molecule has 40 heavy (non-hydrogen) atoms. The molecule has 0 radical (unpaired) electrons. The van der Waals surface area contributed by atoms with Crippen molar-refractivity contribution in [3.63, 3.8) is 0 Å². The van der Waals surface area contributed by atoms with Crippen LogP contribution >= 0.6 is 0 Å². The van der Waals surface area contributed by atoms with Gasteiger partial charge in [-0.1, -0.05) is 50.6 Å². The van der Waals surface area contributed by atoms with Crippen LogP contribution in [0.5, 0.6) is 0 Å². The number of hydrogen-bond donors (Lipinski definition) is 10. The molecule has 0 heterocycles. The highest BCUT2D eigenvalue weighted by molar-refractivity contribution is 5.80. The first-order chi connectivity index (χ1) is 18.4. The van der Waals surface area contributed by atoms with Gasteiger partial charge in [0.05, 0.1) is 6.42 Å². The van der Waals surface area contributed by atoms with E-state index in [2.05, 4.69) is 0 Å². The maximum absolute atomic E-state index is 10.4. The molecule has 0 unspecified atom stereocenters. The lowest BCUT2D eigenvalue weighted by molar-refractivity contribution is -0.144. The molecule has 228 valence electrons. The van der Waals surface area contributed by atoms with Gasteiger partial charge in [0.1, 0.15) is 24.2 Å².